The van der Waals surface area contributed by atoms with Crippen molar-refractivity contribution >= 4 is 17.6 Å². The Hall–Kier alpha value is -0.180. The maximum absolute atomic E-state index is 5.49. The van der Waals surface area contributed by atoms with Crippen molar-refractivity contribution in [2.45, 2.75) is 13.8 Å². The van der Waals surface area contributed by atoms with E-state index >= 15 is 0 Å². The highest BCUT2D eigenvalue weighted by atomic mass is 32.2. The van der Waals surface area contributed by atoms with Crippen LogP contribution in [-0.2, 0) is 0 Å². The van der Waals surface area contributed by atoms with Crippen molar-refractivity contribution in [3.8, 4) is 0 Å². The molecular weight excluding hydrogens is 144 g/mol. The number of amidine groups is 1. The number of nitrogens with two attached hydrogens (primary N) is 1. The zero-order valence-electron chi connectivity index (χ0n) is 6.92. The van der Waals surface area contributed by atoms with Crippen LogP contribution < -0.4 is 5.73 Å². The van der Waals surface area contributed by atoms with Crippen LogP contribution in [0.15, 0.2) is 4.99 Å². The summed E-state index contributed by atoms with van der Waals surface area (Å²) in [4.78, 5) is 3.86. The quantitative estimate of drug-likeness (QED) is 0.498. The molecule has 0 aliphatic rings. The molecule has 0 spiro atoms. The van der Waals surface area contributed by atoms with Gasteiger partial charge in [0.05, 0.1) is 5.75 Å². The van der Waals surface area contributed by atoms with E-state index in [1.165, 1.54) is 0 Å². The molecule has 0 radical (unpaired) electrons. The van der Waals surface area contributed by atoms with Gasteiger partial charge in [-0.2, -0.15) is 11.8 Å². The minimum atomic E-state index is 0.741. The molecule has 0 fully saturated rings. The molecule has 0 unspecified atom stereocenters. The molecule has 10 heavy (non-hydrogen) atoms. The molecule has 0 aromatic carbocycles. The van der Waals surface area contributed by atoms with Crippen LogP contribution in [0.2, 0.25) is 0 Å². The predicted octanol–water partition coefficient (Wildman–Crippen LogP) is 1.36. The molecule has 60 valence electrons. The van der Waals surface area contributed by atoms with Gasteiger partial charge in [0.25, 0.3) is 0 Å². The third-order valence-electron chi connectivity index (χ3n) is 0.988. The molecule has 0 rings (SSSR count). The fraction of sp³-hybridized carbons (Fsp3) is 0.857. The third-order valence-corrected chi connectivity index (χ3v) is 2.39. The van der Waals surface area contributed by atoms with E-state index in [-0.39, 0.29) is 0 Å². The summed E-state index contributed by atoms with van der Waals surface area (Å²) in [5.74, 6) is 3.52. The second-order valence-corrected chi connectivity index (χ2v) is 3.65. The van der Waals surface area contributed by atoms with Crippen LogP contribution in [0, 0.1) is 5.92 Å². The third kappa shape index (κ3) is 5.95. The highest BCUT2D eigenvalue weighted by molar-refractivity contribution is 7.99. The summed E-state index contributed by atoms with van der Waals surface area (Å²) < 4.78 is 0. The summed E-state index contributed by atoms with van der Waals surface area (Å²) in [6.45, 7) is 4.40. The number of aliphatic imine (C=N–C) groups is 1. The van der Waals surface area contributed by atoms with E-state index in [2.05, 4.69) is 18.8 Å². The van der Waals surface area contributed by atoms with Gasteiger partial charge in [-0.3, -0.25) is 4.99 Å². The monoisotopic (exact) mass is 160 g/mol. The van der Waals surface area contributed by atoms with Crippen molar-refractivity contribution in [2.75, 3.05) is 18.6 Å². The maximum Gasteiger partial charge on any atom is 0.103 e. The van der Waals surface area contributed by atoms with Crippen LogP contribution in [0.5, 0.6) is 0 Å². The van der Waals surface area contributed by atoms with Crippen molar-refractivity contribution in [3.63, 3.8) is 0 Å². The first-order valence-electron chi connectivity index (χ1n) is 3.45. The summed E-state index contributed by atoms with van der Waals surface area (Å²) in [6.07, 6.45) is 0. The molecule has 0 saturated heterocycles. The SMILES string of the molecule is CN=C(N)CSCC(C)C. The predicted molar refractivity (Wildman–Crippen MR) is 49.7 cm³/mol. The Balaban J connectivity index is 3.20. The van der Waals surface area contributed by atoms with Gasteiger partial charge in [-0.1, -0.05) is 13.8 Å². The van der Waals surface area contributed by atoms with Gasteiger partial charge in [-0.15, -0.1) is 0 Å². The lowest BCUT2D eigenvalue weighted by Crippen LogP contribution is -2.14. The Labute approximate surface area is 67.3 Å². The van der Waals surface area contributed by atoms with Crippen LogP contribution in [0.25, 0.3) is 0 Å². The lowest BCUT2D eigenvalue weighted by molar-refractivity contribution is 0.751. The second-order valence-electron chi connectivity index (χ2n) is 2.62. The Morgan fingerprint density at radius 1 is 1.60 bits per heavy atom. The Bertz CT molecular complexity index is 110. The van der Waals surface area contributed by atoms with Crippen molar-refractivity contribution in [1.82, 2.24) is 0 Å². The molecular formula is C7H16N2S. The van der Waals surface area contributed by atoms with Gasteiger partial charge in [0.1, 0.15) is 5.84 Å². The van der Waals surface area contributed by atoms with Crippen LogP contribution in [0.3, 0.4) is 0 Å². The van der Waals surface area contributed by atoms with Gasteiger partial charge in [0, 0.05) is 7.05 Å². The number of rotatable bonds is 4. The lowest BCUT2D eigenvalue weighted by Gasteiger charge is -2.02. The van der Waals surface area contributed by atoms with E-state index in [1.807, 2.05) is 11.8 Å². The smallest absolute Gasteiger partial charge is 0.103 e. The van der Waals surface area contributed by atoms with E-state index in [0.717, 1.165) is 23.3 Å². The van der Waals surface area contributed by atoms with Crippen LogP contribution >= 0.6 is 11.8 Å². The van der Waals surface area contributed by atoms with E-state index in [4.69, 9.17) is 5.73 Å². The molecule has 0 bridgehead atoms. The number of hydrogen-bond acceptors (Lipinski definition) is 2. The molecule has 0 aliphatic carbocycles. The Kier molecular flexibility index (Phi) is 5.49. The summed E-state index contributed by atoms with van der Waals surface area (Å²) in [5, 5.41) is 0. The second kappa shape index (κ2) is 5.59. The first kappa shape index (κ1) is 9.82. The van der Waals surface area contributed by atoms with Crippen molar-refractivity contribution in [3.05, 3.63) is 0 Å². The number of nitrogens with zero attached hydrogens (tertiary/aromatic N) is 1. The lowest BCUT2D eigenvalue weighted by atomic mass is 10.3. The summed E-state index contributed by atoms with van der Waals surface area (Å²) in [6, 6.07) is 0. The first-order chi connectivity index (χ1) is 4.66. The first-order valence-corrected chi connectivity index (χ1v) is 4.61. The molecule has 0 aromatic rings. The van der Waals surface area contributed by atoms with Crippen LogP contribution in [-0.4, -0.2) is 24.4 Å². The van der Waals surface area contributed by atoms with Crippen LogP contribution in [0.4, 0.5) is 0 Å². The Morgan fingerprint density at radius 2 is 2.20 bits per heavy atom. The van der Waals surface area contributed by atoms with Gasteiger partial charge >= 0.3 is 0 Å². The van der Waals surface area contributed by atoms with Gasteiger partial charge in [0.2, 0.25) is 0 Å². The fourth-order valence-electron chi connectivity index (χ4n) is 0.464. The highest BCUT2D eigenvalue weighted by Crippen LogP contribution is 2.06. The number of thioether (sulfide) groups is 1. The van der Waals surface area contributed by atoms with Gasteiger partial charge < -0.3 is 5.73 Å². The minimum Gasteiger partial charge on any atom is -0.387 e. The average Bonchev–Trinajstić information content (AvgIpc) is 1.87. The summed E-state index contributed by atoms with van der Waals surface area (Å²) >= 11 is 1.84. The standard InChI is InChI=1S/C7H16N2S/c1-6(2)4-10-5-7(8)9-3/h6H,4-5H2,1-3H3,(H2,8,9). The normalized spacial score (nSPS) is 12.6. The molecule has 3 heteroatoms. The summed E-state index contributed by atoms with van der Waals surface area (Å²) in [7, 11) is 1.73. The van der Waals surface area contributed by atoms with Gasteiger partial charge in [0.15, 0.2) is 0 Å². The Morgan fingerprint density at radius 3 is 2.60 bits per heavy atom. The topological polar surface area (TPSA) is 38.4 Å². The highest BCUT2D eigenvalue weighted by Gasteiger charge is 1.95. The van der Waals surface area contributed by atoms with E-state index in [9.17, 15) is 0 Å². The van der Waals surface area contributed by atoms with Gasteiger partial charge in [-0.25, -0.2) is 0 Å². The van der Waals surface area contributed by atoms with Crippen molar-refractivity contribution in [1.29, 1.82) is 0 Å². The average molecular weight is 160 g/mol. The molecule has 0 amide bonds. The molecule has 0 aromatic heterocycles. The largest absolute Gasteiger partial charge is 0.387 e. The summed E-state index contributed by atoms with van der Waals surface area (Å²) in [5.41, 5.74) is 5.49. The molecule has 0 aliphatic heterocycles. The molecule has 0 atom stereocenters. The zero-order chi connectivity index (χ0) is 7.98. The molecule has 0 saturated carbocycles. The van der Waals surface area contributed by atoms with Crippen LogP contribution in [0.1, 0.15) is 13.8 Å². The minimum absolute atomic E-state index is 0.741. The van der Waals surface area contributed by atoms with Gasteiger partial charge in [-0.05, 0) is 11.7 Å². The molecule has 0 heterocycles. The molecule has 2 N–H and O–H groups in total. The van der Waals surface area contributed by atoms with E-state index in [1.54, 1.807) is 7.05 Å². The zero-order valence-corrected chi connectivity index (χ0v) is 7.74. The molecule has 2 nitrogen and oxygen atoms in total. The van der Waals surface area contributed by atoms with Crippen molar-refractivity contribution < 1.29 is 0 Å². The van der Waals surface area contributed by atoms with E-state index in [0.29, 0.717) is 0 Å². The van der Waals surface area contributed by atoms with Crippen molar-refractivity contribution in [2.24, 2.45) is 16.6 Å². The fourth-order valence-corrected chi connectivity index (χ4v) is 1.39. The van der Waals surface area contributed by atoms with E-state index < -0.39 is 0 Å². The maximum atomic E-state index is 5.49. The number of hydrogen-bond donors (Lipinski definition) is 1.